The first-order valence-electron chi connectivity index (χ1n) is 17.2. The van der Waals surface area contributed by atoms with Gasteiger partial charge in [-0.15, -0.1) is 0 Å². The highest BCUT2D eigenvalue weighted by Gasteiger charge is 2.41. The fraction of sp³-hybridized carbons (Fsp3) is 0.472. The predicted octanol–water partition coefficient (Wildman–Crippen LogP) is 6.30. The molecule has 54 heavy (non-hydrogen) atoms. The number of anilines is 2. The molecule has 1 saturated heterocycles. The number of ether oxygens (including phenoxy) is 3. The molecule has 2 aliphatic rings. The highest BCUT2D eigenvalue weighted by atomic mass is 19.4. The number of methoxy groups -OCH3 is 1. The molecule has 0 radical (unpaired) electrons. The summed E-state index contributed by atoms with van der Waals surface area (Å²) in [7, 11) is 1.44. The van der Waals surface area contributed by atoms with E-state index in [2.05, 4.69) is 15.3 Å². The van der Waals surface area contributed by atoms with E-state index in [1.54, 1.807) is 25.1 Å². The Kier molecular flexibility index (Phi) is 12.2. The van der Waals surface area contributed by atoms with Gasteiger partial charge >= 0.3 is 24.4 Å². The summed E-state index contributed by atoms with van der Waals surface area (Å²) >= 11 is 0. The molecular formula is C36H40F6N6O6. The van der Waals surface area contributed by atoms with Gasteiger partial charge in [-0.25, -0.2) is 14.8 Å². The van der Waals surface area contributed by atoms with Crippen LogP contribution in [-0.2, 0) is 31.4 Å². The monoisotopic (exact) mass is 766 g/mol. The van der Waals surface area contributed by atoms with Crippen LogP contribution in [0.4, 0.5) is 42.5 Å². The normalized spacial score (nSPS) is 18.1. The summed E-state index contributed by atoms with van der Waals surface area (Å²) in [4.78, 5) is 50.5. The van der Waals surface area contributed by atoms with Crippen LogP contribution < -0.4 is 19.9 Å². The number of esters is 1. The van der Waals surface area contributed by atoms with E-state index in [9.17, 15) is 40.7 Å². The topological polar surface area (TPSA) is 126 Å². The van der Waals surface area contributed by atoms with Crippen LogP contribution in [0.2, 0.25) is 0 Å². The van der Waals surface area contributed by atoms with E-state index in [4.69, 9.17) is 14.2 Å². The van der Waals surface area contributed by atoms with Crippen LogP contribution in [0, 0.1) is 0 Å². The van der Waals surface area contributed by atoms with Crippen molar-refractivity contribution in [2.24, 2.45) is 0 Å². The van der Waals surface area contributed by atoms with Gasteiger partial charge in [0.2, 0.25) is 0 Å². The van der Waals surface area contributed by atoms with E-state index in [1.807, 2.05) is 11.8 Å². The quantitative estimate of drug-likeness (QED) is 0.186. The number of amides is 2. The molecule has 0 aliphatic carbocycles. The van der Waals surface area contributed by atoms with Crippen molar-refractivity contribution in [2.45, 2.75) is 64.1 Å². The number of nitrogens with zero attached hydrogens (tertiary/aromatic N) is 5. The number of halogens is 6. The maximum atomic E-state index is 14.1. The number of rotatable bonds is 10. The number of nitrogens with one attached hydrogen (secondary N) is 1. The molecule has 2 aromatic carbocycles. The summed E-state index contributed by atoms with van der Waals surface area (Å²) < 4.78 is 100. The molecule has 1 aromatic heterocycles. The summed E-state index contributed by atoms with van der Waals surface area (Å²) in [5, 5.41) is 3.26. The van der Waals surface area contributed by atoms with Crippen LogP contribution in [-0.4, -0.2) is 85.4 Å². The van der Waals surface area contributed by atoms with Crippen LogP contribution in [0.25, 0.3) is 0 Å². The summed E-state index contributed by atoms with van der Waals surface area (Å²) in [5.74, 6) is -0.639. The van der Waals surface area contributed by atoms with Crippen molar-refractivity contribution >= 4 is 29.3 Å². The molecule has 292 valence electrons. The minimum absolute atomic E-state index is 0.0618. The molecule has 3 aromatic rings. The predicted molar refractivity (Wildman–Crippen MR) is 183 cm³/mol. The summed E-state index contributed by atoms with van der Waals surface area (Å²) in [6, 6.07) is 3.70. The molecule has 2 aliphatic heterocycles. The first-order valence-corrected chi connectivity index (χ1v) is 17.2. The molecule has 12 nitrogen and oxygen atoms in total. The Hall–Kier alpha value is -5.13. The van der Waals surface area contributed by atoms with E-state index >= 15 is 0 Å². The van der Waals surface area contributed by atoms with E-state index in [0.29, 0.717) is 67.4 Å². The second-order valence-corrected chi connectivity index (χ2v) is 12.7. The largest absolute Gasteiger partial charge is 0.497 e. The van der Waals surface area contributed by atoms with Crippen molar-refractivity contribution in [3.05, 3.63) is 76.9 Å². The third-order valence-corrected chi connectivity index (χ3v) is 9.30. The molecule has 5 rings (SSSR count). The zero-order chi connectivity index (χ0) is 39.4. The van der Waals surface area contributed by atoms with Crippen molar-refractivity contribution in [2.75, 3.05) is 56.3 Å². The number of aromatic nitrogens is 2. The number of benzene rings is 2. The van der Waals surface area contributed by atoms with Crippen LogP contribution in [0.15, 0.2) is 48.8 Å². The number of carbonyl (C=O) groups is 3. The number of fused-ring (bicyclic) bond motifs is 1. The van der Waals surface area contributed by atoms with Gasteiger partial charge in [0.25, 0.3) is 5.91 Å². The van der Waals surface area contributed by atoms with Crippen molar-refractivity contribution in [3.63, 3.8) is 0 Å². The molecular weight excluding hydrogens is 726 g/mol. The first-order chi connectivity index (χ1) is 25.5. The second-order valence-electron chi connectivity index (χ2n) is 12.7. The summed E-state index contributed by atoms with van der Waals surface area (Å²) in [6.07, 6.45) is -7.33. The van der Waals surface area contributed by atoms with Crippen molar-refractivity contribution in [3.8, 4) is 5.75 Å². The van der Waals surface area contributed by atoms with E-state index < -0.39 is 53.7 Å². The molecule has 3 atom stereocenters. The standard InChI is InChI=1S/C36H40F6N6O6/c1-5-25-16-29(28-17-27(52-4)7-8-30(28)48(25)34(51)53-6-2)45-32(22-13-23(35(37,38)39)15-24(14-22)36(40,41)42)33-43-18-26(19-44-33)46-9-11-47(12-10-46)31(50)20-54-21(3)49/h7-8,13-15,17-19,25,29,32,45H,5-6,9-12,16,20H2,1-4H3/t25-,29+,32?/m1/s1. The minimum Gasteiger partial charge on any atom is -0.497 e. The molecule has 1 N–H and O–H groups in total. The van der Waals surface area contributed by atoms with Gasteiger partial charge in [-0.2, -0.15) is 26.3 Å². The SMILES string of the molecule is CCOC(=O)N1c2ccc(OC)cc2[C@@H](NC(c2cc(C(F)(F)F)cc(C(F)(F)F)c2)c2ncc(N3CCN(C(=O)COC(C)=O)CC3)cn2)C[C@H]1CC. The lowest BCUT2D eigenvalue weighted by Gasteiger charge is -2.41. The lowest BCUT2D eigenvalue weighted by molar-refractivity contribution is -0.150. The molecule has 0 spiro atoms. The van der Waals surface area contributed by atoms with E-state index in [1.165, 1.54) is 36.2 Å². The van der Waals surface area contributed by atoms with Crippen LogP contribution in [0.3, 0.4) is 0 Å². The average Bonchev–Trinajstić information content (AvgIpc) is 3.14. The lowest BCUT2D eigenvalue weighted by Crippen LogP contribution is -2.50. The maximum absolute atomic E-state index is 14.1. The second kappa shape index (κ2) is 16.5. The fourth-order valence-electron chi connectivity index (χ4n) is 6.59. The van der Waals surface area contributed by atoms with Gasteiger partial charge in [-0.05, 0) is 67.3 Å². The zero-order valence-corrected chi connectivity index (χ0v) is 30.0. The molecule has 2 amide bonds. The van der Waals surface area contributed by atoms with Crippen LogP contribution >= 0.6 is 0 Å². The highest BCUT2D eigenvalue weighted by Crippen LogP contribution is 2.43. The Morgan fingerprint density at radius 1 is 0.907 bits per heavy atom. The maximum Gasteiger partial charge on any atom is 0.416 e. The third-order valence-electron chi connectivity index (χ3n) is 9.30. The molecule has 0 bridgehead atoms. The Bertz CT molecular complexity index is 1780. The van der Waals surface area contributed by atoms with Gasteiger partial charge in [-0.3, -0.25) is 19.8 Å². The number of carbonyl (C=O) groups excluding carboxylic acids is 3. The van der Waals surface area contributed by atoms with Gasteiger partial charge in [0.15, 0.2) is 6.61 Å². The van der Waals surface area contributed by atoms with Gasteiger partial charge in [0.1, 0.15) is 11.6 Å². The molecule has 18 heteroatoms. The van der Waals surface area contributed by atoms with E-state index in [0.717, 1.165) is 0 Å². The molecule has 0 saturated carbocycles. The number of piperazine rings is 1. The van der Waals surface area contributed by atoms with Crippen molar-refractivity contribution in [1.29, 1.82) is 0 Å². The van der Waals surface area contributed by atoms with Crippen LogP contribution in [0.5, 0.6) is 5.75 Å². The number of hydrogen-bond donors (Lipinski definition) is 1. The van der Waals surface area contributed by atoms with Crippen LogP contribution in [0.1, 0.15) is 73.8 Å². The third kappa shape index (κ3) is 9.14. The smallest absolute Gasteiger partial charge is 0.416 e. The van der Waals surface area contributed by atoms with Gasteiger partial charge in [0, 0.05) is 45.2 Å². The average molecular weight is 767 g/mol. The molecule has 3 heterocycles. The lowest BCUT2D eigenvalue weighted by atomic mass is 9.88. The number of alkyl halides is 6. The van der Waals surface area contributed by atoms with E-state index in [-0.39, 0.29) is 43.0 Å². The zero-order valence-electron chi connectivity index (χ0n) is 30.0. The Morgan fingerprint density at radius 2 is 1.54 bits per heavy atom. The Labute approximate surface area is 307 Å². The fourth-order valence-corrected chi connectivity index (χ4v) is 6.59. The van der Waals surface area contributed by atoms with Gasteiger partial charge in [0.05, 0.1) is 54.7 Å². The molecule has 1 fully saturated rings. The van der Waals surface area contributed by atoms with Gasteiger partial charge < -0.3 is 24.0 Å². The van der Waals surface area contributed by atoms with Gasteiger partial charge in [-0.1, -0.05) is 6.92 Å². The Morgan fingerprint density at radius 3 is 2.07 bits per heavy atom. The summed E-state index contributed by atoms with van der Waals surface area (Å²) in [5.41, 5.74) is -1.93. The van der Waals surface area contributed by atoms with Crippen molar-refractivity contribution < 1.29 is 54.9 Å². The summed E-state index contributed by atoms with van der Waals surface area (Å²) in [6.45, 7) is 5.73. The van der Waals surface area contributed by atoms with Crippen molar-refractivity contribution in [1.82, 2.24) is 20.2 Å². The Balaban J connectivity index is 1.54. The minimum atomic E-state index is -5.11. The molecule has 1 unspecified atom stereocenters. The number of hydrogen-bond acceptors (Lipinski definition) is 10. The first kappa shape index (κ1) is 40.1. The highest BCUT2D eigenvalue weighted by molar-refractivity contribution is 5.90.